The molecule has 14 heteroatoms. The van der Waals surface area contributed by atoms with Crippen molar-refractivity contribution in [2.45, 2.75) is 35.1 Å². The summed E-state index contributed by atoms with van der Waals surface area (Å²) in [6.07, 6.45) is 6.85. The molecule has 336 valence electrons. The average Bonchev–Trinajstić information content (AvgIpc) is 3.84. The second kappa shape index (κ2) is 24.7. The van der Waals surface area contributed by atoms with E-state index in [2.05, 4.69) is 115 Å². The van der Waals surface area contributed by atoms with Crippen LogP contribution >= 0.6 is 15.9 Å². The molecule has 4 radical (unpaired) electrons. The fourth-order valence-electron chi connectivity index (χ4n) is 7.17. The van der Waals surface area contributed by atoms with Crippen molar-refractivity contribution in [2.75, 3.05) is 19.6 Å². The van der Waals surface area contributed by atoms with Crippen LogP contribution in [-0.2, 0) is 40.2 Å². The Kier molecular flexibility index (Phi) is 20.4. The quantitative estimate of drug-likeness (QED) is 0.123. The van der Waals surface area contributed by atoms with Crippen LogP contribution < -0.4 is 25.1 Å². The number of hydrogen-bond donors (Lipinski definition) is 0. The first-order valence-corrected chi connectivity index (χ1v) is 20.2. The Morgan fingerprint density at radius 2 is 0.862 bits per heavy atom. The van der Waals surface area contributed by atoms with Gasteiger partial charge in [0.25, 0.3) is 0 Å². The summed E-state index contributed by atoms with van der Waals surface area (Å²) in [4.78, 5) is 26.2. The number of anilines is 8. The van der Waals surface area contributed by atoms with Crippen molar-refractivity contribution < 1.29 is 51.2 Å². The predicted molar refractivity (Wildman–Crippen MR) is 263 cm³/mol. The Morgan fingerprint density at radius 1 is 0.477 bits per heavy atom. The zero-order chi connectivity index (χ0) is 41.6. The van der Waals surface area contributed by atoms with Crippen LogP contribution in [0.15, 0.2) is 163 Å². The minimum Gasteiger partial charge on any atom is -0.477 e. The number of benzene rings is 6. The van der Waals surface area contributed by atoms with Crippen LogP contribution in [0.4, 0.5) is 46.0 Å². The summed E-state index contributed by atoms with van der Waals surface area (Å²) in [6, 6.07) is 51.6. The number of nitrogens with zero attached hydrogens (tertiary/aromatic N) is 8. The van der Waals surface area contributed by atoms with E-state index in [1.165, 1.54) is 27.8 Å². The molecule has 8 aromatic rings. The Labute approximate surface area is 419 Å². The first-order valence-electron chi connectivity index (χ1n) is 19.4. The fourth-order valence-corrected chi connectivity index (χ4v) is 7.52. The summed E-state index contributed by atoms with van der Waals surface area (Å²) < 4.78 is 0.998. The van der Waals surface area contributed by atoms with Crippen LogP contribution in [-0.4, -0.2) is 38.7 Å². The molecule has 0 unspecified atom stereocenters. The molecule has 10 rings (SSSR count). The van der Waals surface area contributed by atoms with Gasteiger partial charge in [0.05, 0.1) is 0 Å². The third-order valence-electron chi connectivity index (χ3n) is 9.62. The normalized spacial score (nSPS) is 11.6. The van der Waals surface area contributed by atoms with Gasteiger partial charge in [-0.1, -0.05) is 128 Å². The van der Waals surface area contributed by atoms with E-state index in [-0.39, 0.29) is 58.6 Å². The van der Waals surface area contributed by atoms with Crippen molar-refractivity contribution in [3.05, 3.63) is 210 Å². The second-order valence-corrected chi connectivity index (χ2v) is 15.4. The van der Waals surface area contributed by atoms with Crippen molar-refractivity contribution in [1.29, 1.82) is 0 Å². The van der Waals surface area contributed by atoms with Crippen LogP contribution in [0.1, 0.15) is 29.7 Å². The van der Waals surface area contributed by atoms with Crippen LogP contribution in [0.3, 0.4) is 0 Å². The number of halogens is 1. The summed E-state index contributed by atoms with van der Waals surface area (Å²) >= 11 is 3.50. The predicted octanol–water partition coefficient (Wildman–Crippen LogP) is 10.5. The molecule has 2 aliphatic rings. The molecule has 2 aliphatic heterocycles. The van der Waals surface area contributed by atoms with E-state index in [0.717, 1.165) is 61.5 Å². The van der Waals surface area contributed by atoms with Gasteiger partial charge >= 0.3 is 0 Å². The third kappa shape index (κ3) is 12.8. The molecular formula is C51H48BBrIr2N8O2-4. The summed E-state index contributed by atoms with van der Waals surface area (Å²) in [5.74, 6) is 3.21. The Hall–Kier alpha value is -5.56. The van der Waals surface area contributed by atoms with Gasteiger partial charge in [0.1, 0.15) is 31.1 Å². The van der Waals surface area contributed by atoms with Gasteiger partial charge in [-0.25, -0.2) is 19.9 Å². The van der Waals surface area contributed by atoms with Crippen molar-refractivity contribution >= 4 is 75.3 Å². The molecule has 0 atom stereocenters. The van der Waals surface area contributed by atoms with E-state index in [0.29, 0.717) is 0 Å². The monoisotopic (exact) mass is 1280 g/mol. The summed E-state index contributed by atoms with van der Waals surface area (Å²) in [5, 5.41) is 0. The number of para-hydroxylation sites is 2. The number of aryl methyl sites for hydroxylation is 4. The molecule has 0 spiro atoms. The minimum atomic E-state index is 0. The van der Waals surface area contributed by atoms with Crippen LogP contribution in [0.2, 0.25) is 0 Å². The van der Waals surface area contributed by atoms with Gasteiger partial charge in [-0.15, -0.1) is 42.4 Å². The van der Waals surface area contributed by atoms with Crippen LogP contribution in [0.5, 0.6) is 0 Å². The first kappa shape index (κ1) is 53.8. The zero-order valence-corrected chi connectivity index (χ0v) is 41.7. The Balaban J connectivity index is 0.000000278. The average molecular weight is 1280 g/mol. The van der Waals surface area contributed by atoms with E-state index in [1.54, 1.807) is 24.8 Å². The maximum absolute atomic E-state index is 5.56. The van der Waals surface area contributed by atoms with E-state index in [4.69, 9.17) is 7.85 Å². The van der Waals surface area contributed by atoms with Gasteiger partial charge in [0.2, 0.25) is 0 Å². The van der Waals surface area contributed by atoms with Gasteiger partial charge in [-0.05, 0) is 57.5 Å². The van der Waals surface area contributed by atoms with Gasteiger partial charge in [-0.2, -0.15) is 36.4 Å². The van der Waals surface area contributed by atoms with Crippen LogP contribution in [0.25, 0.3) is 11.1 Å². The van der Waals surface area contributed by atoms with E-state index in [9.17, 15) is 0 Å². The minimum absolute atomic E-state index is 0. The van der Waals surface area contributed by atoms with Gasteiger partial charge in [-0.3, -0.25) is 0 Å². The SMILES string of the molecule is Brc1cc[c-]c(N2[CH-]N(c3ccccc3)c3nccnc32)c1.C.Cc1cc(C)cc(-c2cc[c-]c(N3[CH-]N(c4ccccc4)c4nccnc43)c2)c1.O.O.[B]c1cc(C)cc(C)c1.[Ir].[Ir]. The fraction of sp³-hybridized carbons (Fsp3) is 0.0980. The molecule has 0 saturated heterocycles. The second-order valence-electron chi connectivity index (χ2n) is 14.4. The van der Waals surface area contributed by atoms with Crippen LogP contribution in [0, 0.1) is 53.2 Å². The molecule has 0 amide bonds. The molecule has 65 heavy (non-hydrogen) atoms. The van der Waals surface area contributed by atoms with Crippen molar-refractivity contribution in [3.8, 4) is 11.1 Å². The number of aromatic nitrogens is 4. The molecular weight excluding hydrogens is 1230 g/mol. The number of rotatable bonds is 5. The first-order chi connectivity index (χ1) is 29.2. The Morgan fingerprint density at radius 3 is 1.28 bits per heavy atom. The van der Waals surface area contributed by atoms with E-state index >= 15 is 0 Å². The van der Waals surface area contributed by atoms with Crippen molar-refractivity contribution in [2.24, 2.45) is 0 Å². The molecule has 4 N–H and O–H groups in total. The Bertz CT molecular complexity index is 2690. The smallest absolute Gasteiger partial charge is 0.145 e. The van der Waals surface area contributed by atoms with Gasteiger partial charge < -0.3 is 30.6 Å². The number of hydrogen-bond acceptors (Lipinski definition) is 8. The molecule has 2 aromatic heterocycles. The molecule has 0 aliphatic carbocycles. The molecule has 0 fully saturated rings. The maximum Gasteiger partial charge on any atom is 0.145 e. The summed E-state index contributed by atoms with van der Waals surface area (Å²) in [7, 11) is 5.56. The van der Waals surface area contributed by atoms with E-state index in [1.807, 2.05) is 127 Å². The van der Waals surface area contributed by atoms with E-state index < -0.39 is 0 Å². The number of fused-ring (bicyclic) bond motifs is 2. The molecule has 0 saturated carbocycles. The van der Waals surface area contributed by atoms with Gasteiger partial charge in [0.15, 0.2) is 0 Å². The topological polar surface area (TPSA) is 128 Å². The zero-order valence-electron chi connectivity index (χ0n) is 35.4. The maximum atomic E-state index is 5.56. The largest absolute Gasteiger partial charge is 0.477 e. The summed E-state index contributed by atoms with van der Waals surface area (Å²) in [6.45, 7) is 12.4. The molecule has 4 heterocycles. The van der Waals surface area contributed by atoms with Crippen molar-refractivity contribution in [3.63, 3.8) is 0 Å². The third-order valence-corrected chi connectivity index (χ3v) is 10.1. The van der Waals surface area contributed by atoms with Crippen molar-refractivity contribution in [1.82, 2.24) is 19.9 Å². The molecule has 0 bridgehead atoms. The molecule has 10 nitrogen and oxygen atoms in total. The standard InChI is InChI=1S/C25H20N4.C17H11BrN4.C8H9B.CH4.2Ir.2H2O/c1-18-13-19(2)15-21(14-18)20-7-6-10-23(16-20)29-17-28(22-8-4-3-5-9-22)24-25(29)27-12-11-26-24;18-13-5-4-8-15(11-13)22-12-21(14-6-2-1-3-7-14)16-17(22)20-10-9-19-16;1-6-3-7(2)5-8(9)4-6;;;;;/h3-9,11-17H,1-2H3;1-7,9-12H;3-5H,1-2H3;1H4;;;2*1H2/q2*-2;;;;;;. The van der Waals surface area contributed by atoms with Gasteiger partial charge in [0, 0.05) is 76.4 Å². The summed E-state index contributed by atoms with van der Waals surface area (Å²) in [5.41, 5.74) is 12.1. The molecule has 6 aromatic carbocycles.